The van der Waals surface area contributed by atoms with Gasteiger partial charge in [0.25, 0.3) is 0 Å². The number of hydrogen-bond donors (Lipinski definition) is 0. The van der Waals surface area contributed by atoms with Crippen LogP contribution >= 0.6 is 0 Å². The average molecular weight is 279 g/mol. The molecule has 0 aliphatic carbocycles. The molecule has 1 fully saturated rings. The van der Waals surface area contributed by atoms with Crippen LogP contribution in [-0.2, 0) is 22.5 Å². The highest BCUT2D eigenvalue weighted by Gasteiger charge is 2.18. The fourth-order valence-corrected chi connectivity index (χ4v) is 2.62. The number of carbonyl (C=O) groups excluding carboxylic acids is 1. The van der Waals surface area contributed by atoms with Gasteiger partial charge in [-0.1, -0.05) is 6.92 Å². The molecule has 2 heterocycles. The molecule has 0 N–H and O–H groups in total. The minimum Gasteiger partial charge on any atom is -0.376 e. The molecule has 1 aromatic heterocycles. The topological polar surface area (TPSA) is 47.4 Å². The maximum Gasteiger partial charge on any atom is 0.224 e. The smallest absolute Gasteiger partial charge is 0.224 e. The second kappa shape index (κ2) is 7.43. The zero-order chi connectivity index (χ0) is 14.4. The summed E-state index contributed by atoms with van der Waals surface area (Å²) in [5.74, 6) is 1.21. The van der Waals surface area contributed by atoms with Crippen LogP contribution < -0.4 is 0 Å². The van der Waals surface area contributed by atoms with Crippen LogP contribution in [-0.4, -0.2) is 46.7 Å². The van der Waals surface area contributed by atoms with Crippen LogP contribution in [0.15, 0.2) is 12.4 Å². The first-order valence-electron chi connectivity index (χ1n) is 7.56. The summed E-state index contributed by atoms with van der Waals surface area (Å²) < 4.78 is 7.73. The Morgan fingerprint density at radius 3 is 3.10 bits per heavy atom. The first-order valence-corrected chi connectivity index (χ1v) is 7.56. The number of aryl methyl sites for hydroxylation is 2. The van der Waals surface area contributed by atoms with Gasteiger partial charge in [0.2, 0.25) is 5.91 Å². The fraction of sp³-hybridized carbons (Fsp3) is 0.733. The van der Waals surface area contributed by atoms with Crippen LogP contribution in [0.3, 0.4) is 0 Å². The number of hydrogen-bond acceptors (Lipinski definition) is 3. The summed E-state index contributed by atoms with van der Waals surface area (Å²) in [4.78, 5) is 18.2. The highest BCUT2D eigenvalue weighted by molar-refractivity contribution is 5.75. The number of likely N-dealkylation sites (N-methyl/N-ethyl adjacent to an activating group) is 1. The molecule has 5 heteroatoms. The van der Waals surface area contributed by atoms with Gasteiger partial charge in [0, 0.05) is 52.0 Å². The van der Waals surface area contributed by atoms with E-state index in [1.165, 1.54) is 6.42 Å². The van der Waals surface area contributed by atoms with Crippen LogP contribution in [0.2, 0.25) is 0 Å². The van der Waals surface area contributed by atoms with E-state index in [0.717, 1.165) is 31.7 Å². The van der Waals surface area contributed by atoms with Crippen molar-refractivity contribution in [3.05, 3.63) is 18.2 Å². The standard InChI is InChI=1S/C15H25N3O2/c1-3-14-16-8-10-18(14)9-7-15(19)17(2)12-13-6-4-5-11-20-13/h8,10,13H,3-7,9,11-12H2,1-2H3/t13-/m0/s1. The number of aromatic nitrogens is 2. The molecule has 0 spiro atoms. The van der Waals surface area contributed by atoms with Gasteiger partial charge in [0.1, 0.15) is 5.82 Å². The summed E-state index contributed by atoms with van der Waals surface area (Å²) in [7, 11) is 1.87. The minimum atomic E-state index is 0.176. The van der Waals surface area contributed by atoms with E-state index in [-0.39, 0.29) is 12.0 Å². The van der Waals surface area contributed by atoms with Crippen LogP contribution in [0.25, 0.3) is 0 Å². The molecule has 1 saturated heterocycles. The molecule has 5 nitrogen and oxygen atoms in total. The lowest BCUT2D eigenvalue weighted by Crippen LogP contribution is -2.37. The Bertz CT molecular complexity index is 425. The number of carbonyl (C=O) groups is 1. The van der Waals surface area contributed by atoms with Crippen molar-refractivity contribution >= 4 is 5.91 Å². The Morgan fingerprint density at radius 2 is 2.40 bits per heavy atom. The maximum absolute atomic E-state index is 12.1. The summed E-state index contributed by atoms with van der Waals surface area (Å²) >= 11 is 0. The number of imidazole rings is 1. The average Bonchev–Trinajstić information content (AvgIpc) is 2.93. The Kier molecular flexibility index (Phi) is 5.59. The third-order valence-corrected chi connectivity index (χ3v) is 3.86. The van der Waals surface area contributed by atoms with Crippen LogP contribution in [0.1, 0.15) is 38.4 Å². The molecule has 1 amide bonds. The summed E-state index contributed by atoms with van der Waals surface area (Å²) in [6.45, 7) is 4.33. The van der Waals surface area contributed by atoms with Crippen molar-refractivity contribution in [2.24, 2.45) is 0 Å². The molecule has 1 aliphatic rings. The van der Waals surface area contributed by atoms with E-state index in [9.17, 15) is 4.79 Å². The van der Waals surface area contributed by atoms with Gasteiger partial charge in [0.05, 0.1) is 6.10 Å². The highest BCUT2D eigenvalue weighted by atomic mass is 16.5. The quantitative estimate of drug-likeness (QED) is 0.798. The Hall–Kier alpha value is -1.36. The molecule has 20 heavy (non-hydrogen) atoms. The SMILES string of the molecule is CCc1nccn1CCC(=O)N(C)C[C@@H]1CCCCO1. The maximum atomic E-state index is 12.1. The van der Waals surface area contributed by atoms with Gasteiger partial charge in [-0.2, -0.15) is 0 Å². The van der Waals surface area contributed by atoms with Gasteiger partial charge in [-0.05, 0) is 19.3 Å². The van der Waals surface area contributed by atoms with Crippen molar-refractivity contribution in [3.8, 4) is 0 Å². The largest absolute Gasteiger partial charge is 0.376 e. The van der Waals surface area contributed by atoms with Gasteiger partial charge in [-0.25, -0.2) is 4.98 Å². The minimum absolute atomic E-state index is 0.176. The van der Waals surface area contributed by atoms with Crippen molar-refractivity contribution in [3.63, 3.8) is 0 Å². The molecular weight excluding hydrogens is 254 g/mol. The molecule has 1 atom stereocenters. The van der Waals surface area contributed by atoms with E-state index < -0.39 is 0 Å². The Balaban J connectivity index is 1.76. The molecule has 0 bridgehead atoms. The summed E-state index contributed by atoms with van der Waals surface area (Å²) in [6.07, 6.45) is 8.80. The molecule has 2 rings (SSSR count). The summed E-state index contributed by atoms with van der Waals surface area (Å²) in [6, 6.07) is 0. The van der Waals surface area contributed by atoms with Gasteiger partial charge < -0.3 is 14.2 Å². The van der Waals surface area contributed by atoms with Crippen LogP contribution in [0.5, 0.6) is 0 Å². The van der Waals surface area contributed by atoms with Crippen molar-refractivity contribution in [1.82, 2.24) is 14.5 Å². The van der Waals surface area contributed by atoms with Crippen LogP contribution in [0.4, 0.5) is 0 Å². The van der Waals surface area contributed by atoms with Crippen molar-refractivity contribution in [2.45, 2.75) is 51.7 Å². The van der Waals surface area contributed by atoms with Crippen molar-refractivity contribution < 1.29 is 9.53 Å². The second-order valence-corrected chi connectivity index (χ2v) is 5.40. The second-order valence-electron chi connectivity index (χ2n) is 5.40. The predicted octanol–water partition coefficient (Wildman–Crippen LogP) is 1.86. The molecule has 0 radical (unpaired) electrons. The Morgan fingerprint density at radius 1 is 1.55 bits per heavy atom. The van der Waals surface area contributed by atoms with Crippen molar-refractivity contribution in [1.29, 1.82) is 0 Å². The molecule has 0 saturated carbocycles. The van der Waals surface area contributed by atoms with Gasteiger partial charge in [-0.3, -0.25) is 4.79 Å². The normalized spacial score (nSPS) is 19.0. The lowest BCUT2D eigenvalue weighted by atomic mass is 10.1. The van der Waals surface area contributed by atoms with Gasteiger partial charge in [-0.15, -0.1) is 0 Å². The molecule has 1 aliphatic heterocycles. The van der Waals surface area contributed by atoms with Gasteiger partial charge >= 0.3 is 0 Å². The van der Waals surface area contributed by atoms with E-state index in [0.29, 0.717) is 19.5 Å². The number of ether oxygens (including phenoxy) is 1. The van der Waals surface area contributed by atoms with Crippen LogP contribution in [0, 0.1) is 0 Å². The first kappa shape index (κ1) is 15.0. The highest BCUT2D eigenvalue weighted by Crippen LogP contribution is 2.13. The molecule has 0 aromatic carbocycles. The first-order chi connectivity index (χ1) is 9.70. The molecule has 0 unspecified atom stereocenters. The molecule has 112 valence electrons. The summed E-state index contributed by atoms with van der Waals surface area (Å²) in [5.41, 5.74) is 0. The predicted molar refractivity (Wildman–Crippen MR) is 77.5 cm³/mol. The zero-order valence-electron chi connectivity index (χ0n) is 12.5. The number of amides is 1. The van der Waals surface area contributed by atoms with Gasteiger partial charge in [0.15, 0.2) is 0 Å². The fourth-order valence-electron chi connectivity index (χ4n) is 2.62. The number of nitrogens with zero attached hydrogens (tertiary/aromatic N) is 3. The third kappa shape index (κ3) is 4.07. The summed E-state index contributed by atoms with van der Waals surface area (Å²) in [5, 5.41) is 0. The van der Waals surface area contributed by atoms with Crippen molar-refractivity contribution in [2.75, 3.05) is 20.2 Å². The Labute approximate surface area is 120 Å². The van der Waals surface area contributed by atoms with E-state index in [1.807, 2.05) is 13.2 Å². The van der Waals surface area contributed by atoms with E-state index in [2.05, 4.69) is 16.5 Å². The molecular formula is C15H25N3O2. The zero-order valence-corrected chi connectivity index (χ0v) is 12.5. The number of rotatable bonds is 6. The molecule has 1 aromatic rings. The lowest BCUT2D eigenvalue weighted by molar-refractivity contribution is -0.132. The van der Waals surface area contributed by atoms with E-state index in [4.69, 9.17) is 4.74 Å². The van der Waals surface area contributed by atoms with E-state index in [1.54, 1.807) is 11.1 Å². The third-order valence-electron chi connectivity index (χ3n) is 3.86. The van der Waals surface area contributed by atoms with E-state index >= 15 is 0 Å². The lowest BCUT2D eigenvalue weighted by Gasteiger charge is -2.27. The monoisotopic (exact) mass is 279 g/mol.